The van der Waals surface area contributed by atoms with Crippen LogP contribution in [0.4, 0.5) is 0 Å². The predicted molar refractivity (Wildman–Crippen MR) is 89.3 cm³/mol. The molecule has 0 fully saturated rings. The van der Waals surface area contributed by atoms with Crippen LogP contribution >= 0.6 is 66.1 Å². The molecule has 2 heterocycles. The van der Waals surface area contributed by atoms with Crippen molar-refractivity contribution < 1.29 is 0 Å². The minimum atomic E-state index is 0.175. The van der Waals surface area contributed by atoms with Crippen LogP contribution in [0.25, 0.3) is 0 Å². The lowest BCUT2D eigenvalue weighted by Gasteiger charge is -2.15. The molecule has 0 saturated carbocycles. The van der Waals surface area contributed by atoms with E-state index in [1.165, 1.54) is 9.75 Å². The summed E-state index contributed by atoms with van der Waals surface area (Å²) < 4.78 is 2.21. The maximum atomic E-state index is 6.39. The van der Waals surface area contributed by atoms with Gasteiger partial charge in [0.15, 0.2) is 0 Å². The first kappa shape index (κ1) is 15.0. The molecule has 0 amide bonds. The highest BCUT2D eigenvalue weighted by molar-refractivity contribution is 9.13. The molecule has 2 aromatic rings. The first-order valence-electron chi connectivity index (χ1n) is 5.46. The Bertz CT molecular complexity index is 531. The molecule has 1 N–H and O–H groups in total. The molecule has 98 valence electrons. The van der Waals surface area contributed by atoms with E-state index in [-0.39, 0.29) is 6.04 Å². The van der Waals surface area contributed by atoms with Gasteiger partial charge in [-0.2, -0.15) is 0 Å². The second kappa shape index (κ2) is 6.37. The minimum absolute atomic E-state index is 0.175. The normalized spacial score (nSPS) is 12.9. The van der Waals surface area contributed by atoms with Crippen LogP contribution < -0.4 is 5.32 Å². The molecule has 6 heteroatoms. The molecule has 1 atom stereocenters. The van der Waals surface area contributed by atoms with Gasteiger partial charge in [0.25, 0.3) is 0 Å². The lowest BCUT2D eigenvalue weighted by Crippen LogP contribution is -2.20. The summed E-state index contributed by atoms with van der Waals surface area (Å²) in [7, 11) is 0. The monoisotopic (exact) mass is 427 g/mol. The van der Waals surface area contributed by atoms with E-state index >= 15 is 0 Å². The van der Waals surface area contributed by atoms with Crippen LogP contribution in [0.3, 0.4) is 0 Å². The van der Waals surface area contributed by atoms with E-state index in [4.69, 9.17) is 11.6 Å². The number of hydrogen-bond acceptors (Lipinski definition) is 3. The summed E-state index contributed by atoms with van der Waals surface area (Å²) in [6.07, 6.45) is 0. The first-order valence-corrected chi connectivity index (χ1v) is 9.12. The number of rotatable bonds is 4. The first-order chi connectivity index (χ1) is 8.54. The summed E-state index contributed by atoms with van der Waals surface area (Å²) in [6, 6.07) is 2.32. The number of thiophene rings is 2. The average Bonchev–Trinajstić information content (AvgIpc) is 2.82. The summed E-state index contributed by atoms with van der Waals surface area (Å²) in [4.78, 5) is 2.46. The molecule has 0 saturated heterocycles. The van der Waals surface area contributed by atoms with E-state index in [2.05, 4.69) is 55.5 Å². The molecule has 0 radical (unpaired) electrons. The van der Waals surface area contributed by atoms with Gasteiger partial charge in [0.05, 0.1) is 14.9 Å². The third-order valence-corrected chi connectivity index (χ3v) is 7.64. The van der Waals surface area contributed by atoms with Crippen molar-refractivity contribution in [2.24, 2.45) is 0 Å². The van der Waals surface area contributed by atoms with Gasteiger partial charge in [-0.1, -0.05) is 18.5 Å². The van der Waals surface area contributed by atoms with E-state index in [0.717, 1.165) is 25.4 Å². The maximum absolute atomic E-state index is 6.39. The van der Waals surface area contributed by atoms with Gasteiger partial charge in [-0.3, -0.25) is 0 Å². The fraction of sp³-hybridized carbons (Fsp3) is 0.333. The molecule has 0 spiro atoms. The Kier molecular flexibility index (Phi) is 5.31. The summed E-state index contributed by atoms with van der Waals surface area (Å²) in [6.45, 7) is 5.07. The molecule has 0 aliphatic rings. The average molecular weight is 430 g/mol. The fourth-order valence-electron chi connectivity index (χ4n) is 1.68. The summed E-state index contributed by atoms with van der Waals surface area (Å²) in [5.74, 6) is 0. The van der Waals surface area contributed by atoms with Crippen LogP contribution in [0.5, 0.6) is 0 Å². The van der Waals surface area contributed by atoms with Gasteiger partial charge < -0.3 is 5.32 Å². The van der Waals surface area contributed by atoms with Crippen molar-refractivity contribution in [3.63, 3.8) is 0 Å². The van der Waals surface area contributed by atoms with Gasteiger partial charge in [0, 0.05) is 14.2 Å². The van der Waals surface area contributed by atoms with E-state index < -0.39 is 0 Å². The molecule has 2 rings (SSSR count). The summed E-state index contributed by atoms with van der Waals surface area (Å²) >= 11 is 16.9. The third-order valence-electron chi connectivity index (χ3n) is 2.54. The predicted octanol–water partition coefficient (Wildman–Crippen LogP) is 6.00. The van der Waals surface area contributed by atoms with Gasteiger partial charge in [0.1, 0.15) is 0 Å². The van der Waals surface area contributed by atoms with E-state index in [0.29, 0.717) is 0 Å². The van der Waals surface area contributed by atoms with Crippen molar-refractivity contribution in [1.82, 2.24) is 5.32 Å². The Labute approximate surface area is 137 Å². The van der Waals surface area contributed by atoms with Crippen molar-refractivity contribution in [3.05, 3.63) is 40.0 Å². The molecule has 0 aliphatic heterocycles. The lowest BCUT2D eigenvalue weighted by molar-refractivity contribution is 0.648. The third kappa shape index (κ3) is 3.02. The van der Waals surface area contributed by atoms with Crippen LogP contribution in [-0.2, 0) is 0 Å². The Balaban J connectivity index is 2.42. The zero-order chi connectivity index (χ0) is 13.3. The van der Waals surface area contributed by atoms with E-state index in [9.17, 15) is 0 Å². The Morgan fingerprint density at radius 1 is 1.44 bits per heavy atom. The summed E-state index contributed by atoms with van der Waals surface area (Å²) in [5, 5.41) is 6.50. The second-order valence-electron chi connectivity index (χ2n) is 3.86. The zero-order valence-corrected chi connectivity index (χ0v) is 15.5. The molecule has 2 aromatic heterocycles. The molecule has 0 aliphatic carbocycles. The molecule has 0 bridgehead atoms. The smallest absolute Gasteiger partial charge is 0.0843 e. The number of aryl methyl sites for hydroxylation is 1. The minimum Gasteiger partial charge on any atom is -0.305 e. The Morgan fingerprint density at radius 2 is 2.17 bits per heavy atom. The van der Waals surface area contributed by atoms with Gasteiger partial charge in [-0.05, 0) is 62.3 Å². The molecule has 1 unspecified atom stereocenters. The number of hydrogen-bond donors (Lipinski definition) is 1. The fourth-order valence-corrected chi connectivity index (χ4v) is 5.32. The van der Waals surface area contributed by atoms with Crippen molar-refractivity contribution in [1.29, 1.82) is 0 Å². The zero-order valence-electron chi connectivity index (χ0n) is 9.89. The Hall–Kier alpha value is 0.610. The molecule has 18 heavy (non-hydrogen) atoms. The lowest BCUT2D eigenvalue weighted by atomic mass is 10.2. The van der Waals surface area contributed by atoms with E-state index in [1.54, 1.807) is 22.7 Å². The van der Waals surface area contributed by atoms with Crippen molar-refractivity contribution in [2.75, 3.05) is 6.54 Å². The van der Waals surface area contributed by atoms with Gasteiger partial charge in [0.2, 0.25) is 0 Å². The number of nitrogens with one attached hydrogen (secondary N) is 1. The highest BCUT2D eigenvalue weighted by Gasteiger charge is 2.21. The van der Waals surface area contributed by atoms with Crippen molar-refractivity contribution >= 4 is 66.1 Å². The van der Waals surface area contributed by atoms with E-state index in [1.807, 2.05) is 6.92 Å². The van der Waals surface area contributed by atoms with Crippen molar-refractivity contribution in [2.45, 2.75) is 19.9 Å². The topological polar surface area (TPSA) is 12.0 Å². The largest absolute Gasteiger partial charge is 0.305 e. The Morgan fingerprint density at radius 3 is 2.61 bits per heavy atom. The van der Waals surface area contributed by atoms with Gasteiger partial charge in [-0.25, -0.2) is 0 Å². The van der Waals surface area contributed by atoms with Crippen LogP contribution in [0.2, 0.25) is 5.02 Å². The number of halogens is 3. The standard InChI is InChI=1S/C12H12Br2ClNS2/c1-3-16-10(8-4-7(13)12(14)18-8)11-9(15)6(2)5-17-11/h4-5,10,16H,3H2,1-2H3. The van der Waals surface area contributed by atoms with Gasteiger partial charge >= 0.3 is 0 Å². The highest BCUT2D eigenvalue weighted by Crippen LogP contribution is 2.41. The quantitative estimate of drug-likeness (QED) is 0.629. The van der Waals surface area contributed by atoms with Crippen LogP contribution in [0.1, 0.15) is 28.3 Å². The maximum Gasteiger partial charge on any atom is 0.0843 e. The molecular weight excluding hydrogens is 418 g/mol. The SMILES string of the molecule is CCNC(c1cc(Br)c(Br)s1)c1scc(C)c1Cl. The summed E-state index contributed by atoms with van der Waals surface area (Å²) in [5.41, 5.74) is 1.15. The van der Waals surface area contributed by atoms with Crippen LogP contribution in [-0.4, -0.2) is 6.54 Å². The van der Waals surface area contributed by atoms with Crippen LogP contribution in [0.15, 0.2) is 19.7 Å². The molecular formula is C12H12Br2ClNS2. The second-order valence-corrected chi connectivity index (χ2v) is 8.40. The molecule has 0 aromatic carbocycles. The van der Waals surface area contributed by atoms with Crippen LogP contribution in [0, 0.1) is 6.92 Å². The van der Waals surface area contributed by atoms with Crippen molar-refractivity contribution in [3.8, 4) is 0 Å². The highest BCUT2D eigenvalue weighted by atomic mass is 79.9. The van der Waals surface area contributed by atoms with Gasteiger partial charge in [-0.15, -0.1) is 22.7 Å². The molecule has 1 nitrogen and oxygen atoms in total.